The van der Waals surface area contributed by atoms with Crippen molar-refractivity contribution in [2.75, 3.05) is 11.1 Å². The van der Waals surface area contributed by atoms with Crippen LogP contribution in [0.2, 0.25) is 0 Å². The normalized spacial score (nSPS) is 16.2. The predicted molar refractivity (Wildman–Crippen MR) is 85.8 cm³/mol. The second kappa shape index (κ2) is 5.98. The lowest BCUT2D eigenvalue weighted by Crippen LogP contribution is -2.27. The third-order valence-corrected chi connectivity index (χ3v) is 5.42. The highest BCUT2D eigenvalue weighted by Crippen LogP contribution is 2.29. The van der Waals surface area contributed by atoms with Crippen molar-refractivity contribution in [3.05, 3.63) is 21.5 Å². The molecule has 3 rings (SSSR count). The summed E-state index contributed by atoms with van der Waals surface area (Å²) >= 11 is 2.82. The van der Waals surface area contributed by atoms with Gasteiger partial charge in [-0.3, -0.25) is 4.79 Å². The van der Waals surface area contributed by atoms with Crippen LogP contribution in [0.15, 0.2) is 11.6 Å². The Morgan fingerprint density at radius 2 is 2.33 bits per heavy atom. The van der Waals surface area contributed by atoms with Crippen molar-refractivity contribution in [2.24, 2.45) is 0 Å². The number of rotatable bonds is 5. The zero-order valence-electron chi connectivity index (χ0n) is 11.6. The smallest absolute Gasteiger partial charge is 0.265 e. The third-order valence-electron chi connectivity index (χ3n) is 3.46. The van der Waals surface area contributed by atoms with E-state index in [2.05, 4.69) is 20.6 Å². The molecule has 0 bridgehead atoms. The maximum absolute atomic E-state index is 12.3. The first-order valence-electron chi connectivity index (χ1n) is 6.86. The van der Waals surface area contributed by atoms with Gasteiger partial charge < -0.3 is 16.4 Å². The van der Waals surface area contributed by atoms with Crippen LogP contribution in [0.3, 0.4) is 0 Å². The Bertz CT molecular complexity index is 621. The van der Waals surface area contributed by atoms with Gasteiger partial charge in [0, 0.05) is 17.6 Å². The van der Waals surface area contributed by atoms with E-state index >= 15 is 0 Å². The number of hydrogen-bond donors (Lipinski definition) is 3. The van der Waals surface area contributed by atoms with Gasteiger partial charge in [0.25, 0.3) is 5.91 Å². The van der Waals surface area contributed by atoms with Crippen LogP contribution >= 0.6 is 22.7 Å². The second-order valence-electron chi connectivity index (χ2n) is 5.07. The molecule has 0 aliphatic heterocycles. The summed E-state index contributed by atoms with van der Waals surface area (Å²) in [6.45, 7) is 1.90. The lowest BCUT2D eigenvalue weighted by Gasteiger charge is -2.25. The zero-order valence-corrected chi connectivity index (χ0v) is 13.3. The highest BCUT2D eigenvalue weighted by atomic mass is 32.1. The van der Waals surface area contributed by atoms with Crippen molar-refractivity contribution in [1.29, 1.82) is 0 Å². The minimum atomic E-state index is -0.200. The minimum absolute atomic E-state index is 0.137. The third kappa shape index (κ3) is 3.16. The number of carbonyl (C=O) groups is 1. The molecule has 1 atom stereocenters. The number of nitrogens with one attached hydrogen (secondary N) is 2. The van der Waals surface area contributed by atoms with Gasteiger partial charge in [0.05, 0.1) is 6.04 Å². The van der Waals surface area contributed by atoms with E-state index in [9.17, 15) is 4.79 Å². The molecule has 1 aliphatic rings. The molecule has 1 aliphatic carbocycles. The Morgan fingerprint density at radius 3 is 2.95 bits per heavy atom. The number of carbonyl (C=O) groups excluding carboxylic acids is 1. The van der Waals surface area contributed by atoms with E-state index in [0.29, 0.717) is 10.9 Å². The molecule has 1 unspecified atom stereocenters. The van der Waals surface area contributed by atoms with Gasteiger partial charge in [-0.15, -0.1) is 11.3 Å². The SMILES string of the molecule is CC(NC(=O)c1sc(NC2CCC2)nc1N)c1nccs1. The average molecular weight is 323 g/mol. The second-order valence-corrected chi connectivity index (χ2v) is 7.00. The summed E-state index contributed by atoms with van der Waals surface area (Å²) in [7, 11) is 0. The van der Waals surface area contributed by atoms with Crippen LogP contribution in [0.5, 0.6) is 0 Å². The summed E-state index contributed by atoms with van der Waals surface area (Å²) in [5.41, 5.74) is 5.86. The summed E-state index contributed by atoms with van der Waals surface area (Å²) in [6, 6.07) is 0.336. The first kappa shape index (κ1) is 14.3. The monoisotopic (exact) mass is 323 g/mol. The quantitative estimate of drug-likeness (QED) is 0.786. The number of anilines is 2. The number of amides is 1. The molecule has 1 amide bonds. The van der Waals surface area contributed by atoms with Gasteiger partial charge in [-0.1, -0.05) is 11.3 Å². The Balaban J connectivity index is 1.66. The molecule has 1 fully saturated rings. The first-order chi connectivity index (χ1) is 10.1. The molecule has 112 valence electrons. The van der Waals surface area contributed by atoms with Gasteiger partial charge in [0.15, 0.2) is 5.13 Å². The fourth-order valence-electron chi connectivity index (χ4n) is 2.06. The molecule has 1 saturated carbocycles. The number of thiazole rings is 2. The standard InChI is InChI=1S/C13H17N5OS2/c1-7(12-15-5-6-20-12)16-11(19)9-10(14)18-13(21-9)17-8-3-2-4-8/h5-8H,2-4,14H2,1H3,(H,16,19)(H,17,18). The van der Waals surface area contributed by atoms with Crippen molar-refractivity contribution in [3.63, 3.8) is 0 Å². The molecular weight excluding hydrogens is 306 g/mol. The Morgan fingerprint density at radius 1 is 1.52 bits per heavy atom. The lowest BCUT2D eigenvalue weighted by molar-refractivity contribution is 0.0944. The molecular formula is C13H17N5OS2. The Labute approximate surface area is 130 Å². The molecule has 0 aromatic carbocycles. The molecule has 0 spiro atoms. The highest BCUT2D eigenvalue weighted by molar-refractivity contribution is 7.18. The van der Waals surface area contributed by atoms with E-state index in [1.807, 2.05) is 12.3 Å². The number of aromatic nitrogens is 2. The van der Waals surface area contributed by atoms with Crippen LogP contribution in [0.1, 0.15) is 46.9 Å². The Kier molecular flexibility index (Phi) is 4.07. The van der Waals surface area contributed by atoms with Gasteiger partial charge in [0.1, 0.15) is 15.7 Å². The molecule has 6 nitrogen and oxygen atoms in total. The van der Waals surface area contributed by atoms with Crippen molar-refractivity contribution in [3.8, 4) is 0 Å². The molecule has 4 N–H and O–H groups in total. The summed E-state index contributed by atoms with van der Waals surface area (Å²) in [4.78, 5) is 21.2. The van der Waals surface area contributed by atoms with Gasteiger partial charge in [0.2, 0.25) is 0 Å². The molecule has 21 heavy (non-hydrogen) atoms. The van der Waals surface area contributed by atoms with Crippen LogP contribution in [0.4, 0.5) is 10.9 Å². The maximum Gasteiger partial charge on any atom is 0.265 e. The zero-order chi connectivity index (χ0) is 14.8. The van der Waals surface area contributed by atoms with E-state index < -0.39 is 0 Å². The van der Waals surface area contributed by atoms with E-state index in [0.717, 1.165) is 23.0 Å². The highest BCUT2D eigenvalue weighted by Gasteiger charge is 2.22. The minimum Gasteiger partial charge on any atom is -0.382 e. The maximum atomic E-state index is 12.3. The summed E-state index contributed by atoms with van der Waals surface area (Å²) < 4.78 is 0. The van der Waals surface area contributed by atoms with E-state index in [4.69, 9.17) is 5.73 Å². The average Bonchev–Trinajstić information content (AvgIpc) is 3.03. The molecule has 2 aromatic heterocycles. The molecule has 2 aromatic rings. The summed E-state index contributed by atoms with van der Waals surface area (Å²) in [5, 5.41) is 9.71. The van der Waals surface area contributed by atoms with Crippen molar-refractivity contribution < 1.29 is 4.79 Å². The summed E-state index contributed by atoms with van der Waals surface area (Å²) in [6.07, 6.45) is 5.28. The van der Waals surface area contributed by atoms with Crippen molar-refractivity contribution in [1.82, 2.24) is 15.3 Å². The van der Waals surface area contributed by atoms with E-state index in [1.54, 1.807) is 6.20 Å². The van der Waals surface area contributed by atoms with Crippen LogP contribution in [-0.4, -0.2) is 21.9 Å². The van der Waals surface area contributed by atoms with Gasteiger partial charge >= 0.3 is 0 Å². The predicted octanol–water partition coefficient (Wildman–Crippen LogP) is 2.64. The molecule has 2 heterocycles. The van der Waals surface area contributed by atoms with Crippen LogP contribution < -0.4 is 16.4 Å². The molecule has 8 heteroatoms. The Hall–Kier alpha value is -1.67. The number of nitrogens with zero attached hydrogens (tertiary/aromatic N) is 2. The van der Waals surface area contributed by atoms with Crippen molar-refractivity contribution in [2.45, 2.75) is 38.3 Å². The van der Waals surface area contributed by atoms with E-state index in [1.165, 1.54) is 29.1 Å². The van der Waals surface area contributed by atoms with Gasteiger partial charge in [-0.2, -0.15) is 0 Å². The van der Waals surface area contributed by atoms with Crippen LogP contribution in [-0.2, 0) is 0 Å². The van der Waals surface area contributed by atoms with Gasteiger partial charge in [-0.25, -0.2) is 9.97 Å². The van der Waals surface area contributed by atoms with E-state index in [-0.39, 0.29) is 17.8 Å². The molecule has 0 radical (unpaired) electrons. The van der Waals surface area contributed by atoms with Crippen molar-refractivity contribution >= 4 is 39.5 Å². The topological polar surface area (TPSA) is 92.9 Å². The number of nitrogen functional groups attached to an aromatic ring is 1. The lowest BCUT2D eigenvalue weighted by atomic mass is 9.93. The summed E-state index contributed by atoms with van der Waals surface area (Å²) in [5.74, 6) is 0.0834. The van der Waals surface area contributed by atoms with Gasteiger partial charge in [-0.05, 0) is 26.2 Å². The number of hydrogen-bond acceptors (Lipinski definition) is 7. The first-order valence-corrected chi connectivity index (χ1v) is 8.56. The largest absolute Gasteiger partial charge is 0.382 e. The van der Waals surface area contributed by atoms with Crippen LogP contribution in [0.25, 0.3) is 0 Å². The molecule has 0 saturated heterocycles. The fraction of sp³-hybridized carbons (Fsp3) is 0.462. The van der Waals surface area contributed by atoms with Crippen LogP contribution in [0, 0.1) is 0 Å². The number of nitrogens with two attached hydrogens (primary N) is 1. The fourth-order valence-corrected chi connectivity index (χ4v) is 3.57.